The third-order valence-electron chi connectivity index (χ3n) is 4.03. The van der Waals surface area contributed by atoms with E-state index in [9.17, 15) is 8.78 Å². The van der Waals surface area contributed by atoms with Crippen LogP contribution in [0.25, 0.3) is 0 Å². The van der Waals surface area contributed by atoms with E-state index in [0.717, 1.165) is 24.2 Å². The number of rotatable bonds is 3. The third-order valence-corrected chi connectivity index (χ3v) is 4.03. The summed E-state index contributed by atoms with van der Waals surface area (Å²) < 4.78 is 33.2. The molecule has 0 saturated carbocycles. The molecule has 0 saturated heterocycles. The van der Waals surface area contributed by atoms with Crippen molar-refractivity contribution >= 4 is 5.69 Å². The lowest BCUT2D eigenvalue weighted by Crippen LogP contribution is -2.11. The molecule has 2 aromatic carbocycles. The Morgan fingerprint density at radius 2 is 2.00 bits per heavy atom. The van der Waals surface area contributed by atoms with Gasteiger partial charge in [-0.15, -0.1) is 0 Å². The van der Waals surface area contributed by atoms with Crippen molar-refractivity contribution in [3.05, 3.63) is 58.7 Å². The van der Waals surface area contributed by atoms with Gasteiger partial charge in [0.1, 0.15) is 17.3 Å². The molecule has 0 aromatic heterocycles. The van der Waals surface area contributed by atoms with Gasteiger partial charge in [0.05, 0.1) is 13.2 Å². The normalized spacial score (nSPS) is 16.7. The van der Waals surface area contributed by atoms with Gasteiger partial charge in [-0.1, -0.05) is 12.1 Å². The predicted molar refractivity (Wildman–Crippen MR) is 78.8 cm³/mol. The number of benzene rings is 2. The molecule has 0 aliphatic heterocycles. The molecule has 1 unspecified atom stereocenters. The summed E-state index contributed by atoms with van der Waals surface area (Å²) in [6, 6.07) is 8.50. The number of hydrogen-bond acceptors (Lipinski definition) is 2. The number of aryl methyl sites for hydroxylation is 2. The Morgan fingerprint density at radius 3 is 2.76 bits per heavy atom. The highest BCUT2D eigenvalue weighted by Crippen LogP contribution is 2.37. The van der Waals surface area contributed by atoms with Crippen LogP contribution in [0.3, 0.4) is 0 Å². The number of anilines is 1. The largest absolute Gasteiger partial charge is 0.497 e. The maximum atomic E-state index is 14.1. The van der Waals surface area contributed by atoms with E-state index in [4.69, 9.17) is 4.74 Å². The van der Waals surface area contributed by atoms with Crippen molar-refractivity contribution in [3.63, 3.8) is 0 Å². The fourth-order valence-corrected chi connectivity index (χ4v) is 2.82. The highest BCUT2D eigenvalue weighted by Gasteiger charge is 2.25. The molecule has 0 bridgehead atoms. The first-order valence-electron chi connectivity index (χ1n) is 6.98. The molecule has 110 valence electrons. The molecular formula is C17H17F2NO. The van der Waals surface area contributed by atoms with E-state index in [1.54, 1.807) is 14.0 Å². The van der Waals surface area contributed by atoms with Gasteiger partial charge in [0.15, 0.2) is 5.82 Å². The van der Waals surface area contributed by atoms with Crippen molar-refractivity contribution in [2.24, 2.45) is 0 Å². The number of hydrogen-bond donors (Lipinski definition) is 1. The van der Waals surface area contributed by atoms with Crippen LogP contribution in [0.1, 0.15) is 29.2 Å². The van der Waals surface area contributed by atoms with Crippen LogP contribution in [0.5, 0.6) is 5.75 Å². The molecule has 1 aliphatic rings. The number of fused-ring (bicyclic) bond motifs is 1. The summed E-state index contributed by atoms with van der Waals surface area (Å²) in [4.78, 5) is 0. The molecule has 1 N–H and O–H groups in total. The molecule has 21 heavy (non-hydrogen) atoms. The Balaban J connectivity index is 1.94. The van der Waals surface area contributed by atoms with Crippen molar-refractivity contribution in [2.45, 2.75) is 25.8 Å². The highest BCUT2D eigenvalue weighted by atomic mass is 19.1. The van der Waals surface area contributed by atoms with E-state index in [2.05, 4.69) is 5.32 Å². The van der Waals surface area contributed by atoms with Gasteiger partial charge in [-0.25, -0.2) is 8.78 Å². The van der Waals surface area contributed by atoms with Crippen molar-refractivity contribution in [1.29, 1.82) is 0 Å². The van der Waals surface area contributed by atoms with E-state index in [1.165, 1.54) is 17.7 Å². The molecule has 0 amide bonds. The lowest BCUT2D eigenvalue weighted by atomic mass is 10.1. The van der Waals surface area contributed by atoms with Gasteiger partial charge in [-0.05, 0) is 54.7 Å². The summed E-state index contributed by atoms with van der Waals surface area (Å²) in [5.41, 5.74) is 2.63. The van der Waals surface area contributed by atoms with E-state index >= 15 is 0 Å². The topological polar surface area (TPSA) is 21.3 Å². The first-order chi connectivity index (χ1) is 10.1. The first kappa shape index (κ1) is 13.9. The van der Waals surface area contributed by atoms with Crippen molar-refractivity contribution in [3.8, 4) is 5.75 Å². The van der Waals surface area contributed by atoms with E-state index in [-0.39, 0.29) is 11.7 Å². The molecule has 0 fully saturated rings. The van der Waals surface area contributed by atoms with E-state index < -0.39 is 11.6 Å². The van der Waals surface area contributed by atoms with Crippen LogP contribution < -0.4 is 10.1 Å². The second-order valence-corrected chi connectivity index (χ2v) is 5.35. The summed E-state index contributed by atoms with van der Waals surface area (Å²) in [6.07, 6.45) is 1.71. The smallest absolute Gasteiger partial charge is 0.152 e. The van der Waals surface area contributed by atoms with Crippen LogP contribution in [0.2, 0.25) is 0 Å². The summed E-state index contributed by atoms with van der Waals surface area (Å²) >= 11 is 0. The fraction of sp³-hybridized carbons (Fsp3) is 0.294. The highest BCUT2D eigenvalue weighted by molar-refractivity contribution is 5.53. The van der Waals surface area contributed by atoms with Crippen molar-refractivity contribution in [2.75, 3.05) is 12.4 Å². The van der Waals surface area contributed by atoms with Gasteiger partial charge >= 0.3 is 0 Å². The van der Waals surface area contributed by atoms with Crippen LogP contribution >= 0.6 is 0 Å². The zero-order valence-electron chi connectivity index (χ0n) is 12.0. The standard InChI is InChI=1S/C17H17F2NO/c1-10-3-7-14(18)17(16(10)19)20-15-8-5-11-4-6-12(21-2)9-13(11)15/h3-4,6-7,9,15,20H,5,8H2,1-2H3. The van der Waals surface area contributed by atoms with Gasteiger partial charge in [-0.2, -0.15) is 0 Å². The van der Waals surface area contributed by atoms with Crippen LogP contribution in [0.4, 0.5) is 14.5 Å². The molecule has 4 heteroatoms. The quantitative estimate of drug-likeness (QED) is 0.905. The van der Waals surface area contributed by atoms with Gasteiger partial charge in [-0.3, -0.25) is 0 Å². The lowest BCUT2D eigenvalue weighted by Gasteiger charge is -2.18. The zero-order valence-corrected chi connectivity index (χ0v) is 12.0. The zero-order chi connectivity index (χ0) is 15.0. The number of nitrogens with one attached hydrogen (secondary N) is 1. The Kier molecular flexibility index (Phi) is 3.53. The minimum Gasteiger partial charge on any atom is -0.497 e. The lowest BCUT2D eigenvalue weighted by molar-refractivity contribution is 0.414. The maximum Gasteiger partial charge on any atom is 0.152 e. The molecule has 1 atom stereocenters. The molecule has 0 radical (unpaired) electrons. The SMILES string of the molecule is COc1ccc2c(c1)C(Nc1c(F)ccc(C)c1F)CC2. The Morgan fingerprint density at radius 1 is 1.19 bits per heavy atom. The van der Waals surface area contributed by atoms with Gasteiger partial charge in [0.25, 0.3) is 0 Å². The van der Waals surface area contributed by atoms with E-state index in [0.29, 0.717) is 5.56 Å². The average Bonchev–Trinajstić information content (AvgIpc) is 2.89. The first-order valence-corrected chi connectivity index (χ1v) is 6.98. The van der Waals surface area contributed by atoms with Crippen LogP contribution in [0, 0.1) is 18.6 Å². The third kappa shape index (κ3) is 2.46. The average molecular weight is 289 g/mol. The minimum atomic E-state index is -0.561. The van der Waals surface area contributed by atoms with Crippen molar-refractivity contribution in [1.82, 2.24) is 0 Å². The minimum absolute atomic E-state index is 0.0457. The van der Waals surface area contributed by atoms with Gasteiger partial charge in [0.2, 0.25) is 0 Å². The summed E-state index contributed by atoms with van der Waals surface area (Å²) in [7, 11) is 1.61. The summed E-state index contributed by atoms with van der Waals surface area (Å²) in [6.45, 7) is 1.63. The van der Waals surface area contributed by atoms with Crippen molar-refractivity contribution < 1.29 is 13.5 Å². The monoisotopic (exact) mass is 289 g/mol. The number of halogens is 2. The second-order valence-electron chi connectivity index (χ2n) is 5.35. The molecule has 2 aromatic rings. The molecule has 2 nitrogen and oxygen atoms in total. The second kappa shape index (κ2) is 5.35. The van der Waals surface area contributed by atoms with Gasteiger partial charge < -0.3 is 10.1 Å². The Hall–Kier alpha value is -2.10. The van der Waals surface area contributed by atoms with Crippen LogP contribution in [0.15, 0.2) is 30.3 Å². The molecule has 0 heterocycles. The Bertz CT molecular complexity index is 685. The Labute approximate surface area is 122 Å². The molecular weight excluding hydrogens is 272 g/mol. The fourth-order valence-electron chi connectivity index (χ4n) is 2.82. The number of methoxy groups -OCH3 is 1. The maximum absolute atomic E-state index is 14.1. The molecule has 1 aliphatic carbocycles. The van der Waals surface area contributed by atoms with E-state index in [1.807, 2.05) is 18.2 Å². The summed E-state index contributed by atoms with van der Waals surface area (Å²) in [5.74, 6) is -0.326. The van der Waals surface area contributed by atoms with Gasteiger partial charge in [0, 0.05) is 0 Å². The molecule has 3 rings (SSSR count). The van der Waals surface area contributed by atoms with Crippen LogP contribution in [-0.4, -0.2) is 7.11 Å². The summed E-state index contributed by atoms with van der Waals surface area (Å²) in [5, 5.41) is 3.02. The molecule has 0 spiro atoms. The number of ether oxygens (including phenoxy) is 1. The predicted octanol–water partition coefficient (Wildman–Crippen LogP) is 4.38. The van der Waals surface area contributed by atoms with Crippen LogP contribution in [-0.2, 0) is 6.42 Å².